The van der Waals surface area contributed by atoms with Gasteiger partial charge in [0, 0.05) is 12.1 Å². The maximum absolute atomic E-state index is 6.03. The van der Waals surface area contributed by atoms with Gasteiger partial charge in [-0.1, -0.05) is 23.7 Å². The zero-order valence-corrected chi connectivity index (χ0v) is 9.98. The quantitative estimate of drug-likeness (QED) is 0.888. The Morgan fingerprint density at radius 2 is 2.13 bits per heavy atom. The lowest BCUT2D eigenvalue weighted by molar-refractivity contribution is 0.297. The van der Waals surface area contributed by atoms with Crippen molar-refractivity contribution in [3.8, 4) is 5.75 Å². The lowest BCUT2D eigenvalue weighted by Gasteiger charge is -2.11. The summed E-state index contributed by atoms with van der Waals surface area (Å²) in [6.45, 7) is 1.25. The van der Waals surface area contributed by atoms with Crippen molar-refractivity contribution in [2.75, 3.05) is 6.61 Å². The third-order valence-corrected chi connectivity index (χ3v) is 2.73. The predicted molar refractivity (Wildman–Crippen MR) is 64.8 cm³/mol. The van der Waals surface area contributed by atoms with Gasteiger partial charge in [-0.05, 0) is 24.8 Å². The zero-order valence-electron chi connectivity index (χ0n) is 8.41. The Labute approximate surface area is 101 Å². The van der Waals surface area contributed by atoms with Crippen LogP contribution in [-0.4, -0.2) is 6.61 Å². The van der Waals surface area contributed by atoms with Gasteiger partial charge in [-0.25, -0.2) is 0 Å². The minimum Gasteiger partial charge on any atom is -0.491 e. The van der Waals surface area contributed by atoms with E-state index in [4.69, 9.17) is 22.1 Å². The molecule has 1 saturated carbocycles. The summed E-state index contributed by atoms with van der Waals surface area (Å²) in [5.74, 6) is 1.50. The predicted octanol–water partition coefficient (Wildman–Crippen LogP) is 3.01. The van der Waals surface area contributed by atoms with E-state index in [0.29, 0.717) is 11.6 Å². The first-order valence-electron chi connectivity index (χ1n) is 4.91. The second kappa shape index (κ2) is 5.59. The van der Waals surface area contributed by atoms with Gasteiger partial charge >= 0.3 is 0 Å². The highest BCUT2D eigenvalue weighted by Gasteiger charge is 2.22. The molecule has 4 heteroatoms. The standard InChI is InChI=1S/C11H14ClNO.ClH/c12-10-3-1-2-9(6-13)11(10)14-7-8-4-5-8;/h1-3,8H,4-7,13H2;1H. The maximum Gasteiger partial charge on any atom is 0.142 e. The zero-order chi connectivity index (χ0) is 9.97. The summed E-state index contributed by atoms with van der Waals surface area (Å²) in [5.41, 5.74) is 6.59. The van der Waals surface area contributed by atoms with E-state index in [-0.39, 0.29) is 12.4 Å². The fourth-order valence-corrected chi connectivity index (χ4v) is 1.61. The van der Waals surface area contributed by atoms with E-state index in [9.17, 15) is 0 Å². The molecule has 0 saturated heterocycles. The monoisotopic (exact) mass is 247 g/mol. The summed E-state index contributed by atoms with van der Waals surface area (Å²) in [5, 5.41) is 0.661. The molecule has 0 aromatic heterocycles. The van der Waals surface area contributed by atoms with Crippen molar-refractivity contribution in [3.63, 3.8) is 0 Å². The molecule has 1 fully saturated rings. The number of ether oxygens (including phenoxy) is 1. The van der Waals surface area contributed by atoms with Crippen LogP contribution in [0.2, 0.25) is 5.02 Å². The van der Waals surface area contributed by atoms with Gasteiger partial charge in [0.1, 0.15) is 5.75 Å². The molecular weight excluding hydrogens is 233 g/mol. The number of benzene rings is 1. The highest BCUT2D eigenvalue weighted by Crippen LogP contribution is 2.33. The number of rotatable bonds is 4. The molecule has 0 bridgehead atoms. The lowest BCUT2D eigenvalue weighted by atomic mass is 10.2. The second-order valence-corrected chi connectivity index (χ2v) is 4.09. The van der Waals surface area contributed by atoms with Gasteiger partial charge in [0.25, 0.3) is 0 Å². The summed E-state index contributed by atoms with van der Waals surface area (Å²) >= 11 is 6.03. The SMILES string of the molecule is Cl.NCc1cccc(Cl)c1OCC1CC1. The van der Waals surface area contributed by atoms with Gasteiger partial charge in [-0.3, -0.25) is 0 Å². The number of nitrogens with two attached hydrogens (primary N) is 1. The van der Waals surface area contributed by atoms with Crippen molar-refractivity contribution in [2.45, 2.75) is 19.4 Å². The Morgan fingerprint density at radius 1 is 1.40 bits per heavy atom. The van der Waals surface area contributed by atoms with Crippen molar-refractivity contribution in [1.29, 1.82) is 0 Å². The van der Waals surface area contributed by atoms with Crippen molar-refractivity contribution >= 4 is 24.0 Å². The van der Waals surface area contributed by atoms with E-state index in [0.717, 1.165) is 23.8 Å². The maximum atomic E-state index is 6.03. The molecule has 2 N–H and O–H groups in total. The van der Waals surface area contributed by atoms with Crippen LogP contribution >= 0.6 is 24.0 Å². The number of hydrogen-bond donors (Lipinski definition) is 1. The first kappa shape index (κ1) is 12.6. The third kappa shape index (κ3) is 3.26. The first-order valence-corrected chi connectivity index (χ1v) is 5.29. The average Bonchev–Trinajstić information content (AvgIpc) is 2.99. The van der Waals surface area contributed by atoms with Gasteiger partial charge in [-0.2, -0.15) is 0 Å². The summed E-state index contributed by atoms with van der Waals surface area (Å²) in [4.78, 5) is 0. The van der Waals surface area contributed by atoms with Gasteiger partial charge in [-0.15, -0.1) is 12.4 Å². The molecule has 0 atom stereocenters. The number of hydrogen-bond acceptors (Lipinski definition) is 2. The molecule has 1 aromatic rings. The number of halogens is 2. The molecule has 0 radical (unpaired) electrons. The Bertz CT molecular complexity index is 326. The largest absolute Gasteiger partial charge is 0.491 e. The van der Waals surface area contributed by atoms with Crippen LogP contribution in [0.3, 0.4) is 0 Å². The topological polar surface area (TPSA) is 35.2 Å². The van der Waals surface area contributed by atoms with Gasteiger partial charge in [0.05, 0.1) is 11.6 Å². The fourth-order valence-electron chi connectivity index (χ4n) is 1.36. The molecule has 0 aliphatic heterocycles. The number of para-hydroxylation sites is 1. The normalized spacial score (nSPS) is 14.5. The van der Waals surface area contributed by atoms with Crippen molar-refractivity contribution < 1.29 is 4.74 Å². The van der Waals surface area contributed by atoms with Gasteiger partial charge in [0.2, 0.25) is 0 Å². The Hall–Kier alpha value is -0.440. The highest BCUT2D eigenvalue weighted by molar-refractivity contribution is 6.32. The molecule has 15 heavy (non-hydrogen) atoms. The molecule has 0 heterocycles. The van der Waals surface area contributed by atoms with E-state index < -0.39 is 0 Å². The van der Waals surface area contributed by atoms with E-state index >= 15 is 0 Å². The van der Waals surface area contributed by atoms with Gasteiger partial charge < -0.3 is 10.5 Å². The first-order chi connectivity index (χ1) is 6.81. The van der Waals surface area contributed by atoms with Crippen LogP contribution in [0.4, 0.5) is 0 Å². The lowest BCUT2D eigenvalue weighted by Crippen LogP contribution is -2.05. The Kier molecular flexibility index (Phi) is 4.71. The molecule has 0 unspecified atom stereocenters. The fraction of sp³-hybridized carbons (Fsp3) is 0.455. The second-order valence-electron chi connectivity index (χ2n) is 3.69. The molecule has 1 aliphatic carbocycles. The molecular formula is C11H15Cl2NO. The third-order valence-electron chi connectivity index (χ3n) is 2.43. The van der Waals surface area contributed by atoms with Crippen molar-refractivity contribution in [1.82, 2.24) is 0 Å². The van der Waals surface area contributed by atoms with Crippen LogP contribution in [0.15, 0.2) is 18.2 Å². The van der Waals surface area contributed by atoms with E-state index in [1.807, 2.05) is 18.2 Å². The molecule has 0 spiro atoms. The minimum atomic E-state index is 0. The summed E-state index contributed by atoms with van der Waals surface area (Å²) in [7, 11) is 0. The average molecular weight is 248 g/mol. The van der Waals surface area contributed by atoms with Crippen LogP contribution in [0.1, 0.15) is 18.4 Å². The molecule has 0 amide bonds. The van der Waals surface area contributed by atoms with Gasteiger partial charge in [0.15, 0.2) is 0 Å². The summed E-state index contributed by atoms with van der Waals surface area (Å²) in [6.07, 6.45) is 2.56. The summed E-state index contributed by atoms with van der Waals surface area (Å²) < 4.78 is 5.67. The molecule has 2 nitrogen and oxygen atoms in total. The van der Waals surface area contributed by atoms with E-state index in [1.54, 1.807) is 0 Å². The minimum absolute atomic E-state index is 0. The Morgan fingerprint density at radius 3 is 2.73 bits per heavy atom. The van der Waals surface area contributed by atoms with Crippen molar-refractivity contribution in [3.05, 3.63) is 28.8 Å². The molecule has 1 aliphatic rings. The van der Waals surface area contributed by atoms with Crippen LogP contribution in [0.5, 0.6) is 5.75 Å². The molecule has 1 aromatic carbocycles. The van der Waals surface area contributed by atoms with Crippen LogP contribution < -0.4 is 10.5 Å². The van der Waals surface area contributed by atoms with Crippen LogP contribution in [-0.2, 0) is 6.54 Å². The summed E-state index contributed by atoms with van der Waals surface area (Å²) in [6, 6.07) is 5.69. The van der Waals surface area contributed by atoms with E-state index in [2.05, 4.69) is 0 Å². The highest BCUT2D eigenvalue weighted by atomic mass is 35.5. The smallest absolute Gasteiger partial charge is 0.142 e. The molecule has 84 valence electrons. The van der Waals surface area contributed by atoms with E-state index in [1.165, 1.54) is 12.8 Å². The Balaban J connectivity index is 0.00000112. The van der Waals surface area contributed by atoms with Crippen molar-refractivity contribution in [2.24, 2.45) is 11.7 Å². The molecule has 2 rings (SSSR count). The van der Waals surface area contributed by atoms with Crippen LogP contribution in [0, 0.1) is 5.92 Å². The van der Waals surface area contributed by atoms with Crippen LogP contribution in [0.25, 0.3) is 0 Å².